The van der Waals surface area contributed by atoms with E-state index in [9.17, 15) is 9.59 Å². The van der Waals surface area contributed by atoms with Crippen LogP contribution in [0.25, 0.3) is 5.57 Å². The van der Waals surface area contributed by atoms with E-state index in [1.807, 2.05) is 45.9 Å². The zero-order valence-corrected chi connectivity index (χ0v) is 20.2. The molecule has 3 rings (SSSR count). The first-order chi connectivity index (χ1) is 15.8. The number of ether oxygens (including phenoxy) is 3. The quantitative estimate of drug-likeness (QED) is 0.427. The number of hydrogen-bond donors (Lipinski definition) is 1. The molecule has 2 amide bonds. The third-order valence-electron chi connectivity index (χ3n) is 5.46. The van der Waals surface area contributed by atoms with Gasteiger partial charge in [0.15, 0.2) is 11.5 Å². The van der Waals surface area contributed by atoms with Crippen molar-refractivity contribution in [2.45, 2.75) is 40.2 Å². The molecular weight excluding hydrogens is 420 g/mol. The number of nitrogens with one attached hydrogen (secondary N) is 1. The Hall–Kier alpha value is -3.32. The Morgan fingerprint density at radius 1 is 0.939 bits per heavy atom. The van der Waals surface area contributed by atoms with Gasteiger partial charge >= 0.3 is 0 Å². The second kappa shape index (κ2) is 10.5. The van der Waals surface area contributed by atoms with Crippen LogP contribution in [0.1, 0.15) is 37.0 Å². The summed E-state index contributed by atoms with van der Waals surface area (Å²) in [5.74, 6) is 0.334. The van der Waals surface area contributed by atoms with Gasteiger partial charge in [-0.25, -0.2) is 0 Å². The standard InChI is InChI=1S/C26H32N2O5/c1-16(2)33-13-7-12-28-25(29)23(19-9-11-21(31-5)22(15-19)32-6)24(26(28)30)27-20-10-8-17(3)14-18(20)4/h8-11,14-16,27H,7,12-13H2,1-6H3. The average molecular weight is 453 g/mol. The molecule has 1 aliphatic heterocycles. The van der Waals surface area contributed by atoms with Crippen molar-refractivity contribution in [2.75, 3.05) is 32.7 Å². The summed E-state index contributed by atoms with van der Waals surface area (Å²) in [5.41, 5.74) is 4.03. The van der Waals surface area contributed by atoms with Gasteiger partial charge in [0, 0.05) is 18.8 Å². The van der Waals surface area contributed by atoms with Crippen LogP contribution in [0.2, 0.25) is 0 Å². The minimum Gasteiger partial charge on any atom is -0.493 e. The fraction of sp³-hybridized carbons (Fsp3) is 0.385. The van der Waals surface area contributed by atoms with Gasteiger partial charge in [-0.15, -0.1) is 0 Å². The van der Waals surface area contributed by atoms with Crippen LogP contribution < -0.4 is 14.8 Å². The van der Waals surface area contributed by atoms with Gasteiger partial charge in [-0.05, 0) is 63.4 Å². The maximum Gasteiger partial charge on any atom is 0.278 e. The van der Waals surface area contributed by atoms with Gasteiger partial charge in [0.2, 0.25) is 0 Å². The van der Waals surface area contributed by atoms with E-state index in [1.165, 1.54) is 12.0 Å². The predicted octanol–water partition coefficient (Wildman–Crippen LogP) is 4.33. The molecule has 2 aromatic carbocycles. The highest BCUT2D eigenvalue weighted by Crippen LogP contribution is 2.36. The molecule has 0 unspecified atom stereocenters. The number of benzene rings is 2. The maximum atomic E-state index is 13.4. The van der Waals surface area contributed by atoms with Crippen LogP contribution >= 0.6 is 0 Å². The normalized spacial score (nSPS) is 13.8. The molecule has 176 valence electrons. The number of amides is 2. The number of imide groups is 1. The molecule has 0 radical (unpaired) electrons. The number of aryl methyl sites for hydroxylation is 2. The Balaban J connectivity index is 2.00. The topological polar surface area (TPSA) is 77.1 Å². The molecule has 0 saturated heterocycles. The third-order valence-corrected chi connectivity index (χ3v) is 5.46. The van der Waals surface area contributed by atoms with Crippen LogP contribution in [0.15, 0.2) is 42.1 Å². The van der Waals surface area contributed by atoms with Gasteiger partial charge < -0.3 is 19.5 Å². The van der Waals surface area contributed by atoms with E-state index in [4.69, 9.17) is 14.2 Å². The first kappa shape index (κ1) is 24.3. The molecular formula is C26H32N2O5. The Morgan fingerprint density at radius 2 is 1.67 bits per heavy atom. The summed E-state index contributed by atoms with van der Waals surface area (Å²) in [6, 6.07) is 11.1. The number of methoxy groups -OCH3 is 2. The van der Waals surface area contributed by atoms with E-state index in [0.717, 1.165) is 16.8 Å². The lowest BCUT2D eigenvalue weighted by atomic mass is 10.0. The van der Waals surface area contributed by atoms with Gasteiger partial charge in [-0.2, -0.15) is 0 Å². The Kier molecular flexibility index (Phi) is 7.76. The molecule has 1 N–H and O–H groups in total. The summed E-state index contributed by atoms with van der Waals surface area (Å²) in [6.07, 6.45) is 0.656. The van der Waals surface area contributed by atoms with E-state index in [2.05, 4.69) is 5.32 Å². The lowest BCUT2D eigenvalue weighted by Crippen LogP contribution is -2.34. The molecule has 2 aromatic rings. The minimum absolute atomic E-state index is 0.0946. The summed E-state index contributed by atoms with van der Waals surface area (Å²) in [6.45, 7) is 8.63. The highest BCUT2D eigenvalue weighted by Gasteiger charge is 2.39. The molecule has 0 aromatic heterocycles. The Morgan fingerprint density at radius 3 is 2.30 bits per heavy atom. The largest absolute Gasteiger partial charge is 0.493 e. The van der Waals surface area contributed by atoms with Crippen LogP contribution in [0, 0.1) is 13.8 Å². The minimum atomic E-state index is -0.352. The zero-order chi connectivity index (χ0) is 24.1. The summed E-state index contributed by atoms with van der Waals surface area (Å²) < 4.78 is 16.3. The van der Waals surface area contributed by atoms with Gasteiger partial charge in [-0.3, -0.25) is 14.5 Å². The molecule has 0 saturated carbocycles. The molecule has 0 aliphatic carbocycles. The number of anilines is 1. The van der Waals surface area contributed by atoms with Crippen LogP contribution in [0.5, 0.6) is 11.5 Å². The Labute approximate surface area is 195 Å². The van der Waals surface area contributed by atoms with Gasteiger partial charge in [0.05, 0.1) is 25.9 Å². The van der Waals surface area contributed by atoms with Crippen molar-refractivity contribution in [2.24, 2.45) is 0 Å². The van der Waals surface area contributed by atoms with Gasteiger partial charge in [0.25, 0.3) is 11.8 Å². The van der Waals surface area contributed by atoms with E-state index in [0.29, 0.717) is 35.7 Å². The predicted molar refractivity (Wildman–Crippen MR) is 128 cm³/mol. The summed E-state index contributed by atoms with van der Waals surface area (Å²) >= 11 is 0. The SMILES string of the molecule is COc1ccc(C2=C(Nc3ccc(C)cc3C)C(=O)N(CCCOC(C)C)C2=O)cc1OC. The van der Waals surface area contributed by atoms with Crippen LogP contribution in [0.3, 0.4) is 0 Å². The second-order valence-electron chi connectivity index (χ2n) is 8.30. The number of carbonyl (C=O) groups excluding carboxylic acids is 2. The molecule has 0 spiro atoms. The molecule has 7 nitrogen and oxygen atoms in total. The van der Waals surface area contributed by atoms with Crippen LogP contribution in [-0.2, 0) is 14.3 Å². The molecule has 33 heavy (non-hydrogen) atoms. The monoisotopic (exact) mass is 452 g/mol. The van der Waals surface area contributed by atoms with E-state index < -0.39 is 0 Å². The second-order valence-corrected chi connectivity index (χ2v) is 8.30. The average Bonchev–Trinajstić information content (AvgIpc) is 3.01. The van der Waals surface area contributed by atoms with Crippen molar-refractivity contribution in [1.29, 1.82) is 0 Å². The summed E-state index contributed by atoms with van der Waals surface area (Å²) in [5, 5.41) is 3.23. The molecule has 0 fully saturated rings. The van der Waals surface area contributed by atoms with Crippen LogP contribution in [0.4, 0.5) is 5.69 Å². The van der Waals surface area contributed by atoms with Crippen molar-refractivity contribution in [3.05, 3.63) is 58.8 Å². The van der Waals surface area contributed by atoms with Crippen molar-refractivity contribution < 1.29 is 23.8 Å². The lowest BCUT2D eigenvalue weighted by molar-refractivity contribution is -0.137. The third kappa shape index (κ3) is 5.37. The van der Waals surface area contributed by atoms with Crippen molar-refractivity contribution in [3.63, 3.8) is 0 Å². The smallest absolute Gasteiger partial charge is 0.278 e. The molecule has 1 heterocycles. The van der Waals surface area contributed by atoms with Crippen LogP contribution in [-0.4, -0.2) is 50.2 Å². The molecule has 7 heteroatoms. The van der Waals surface area contributed by atoms with E-state index in [-0.39, 0.29) is 30.2 Å². The number of carbonyl (C=O) groups is 2. The van der Waals surface area contributed by atoms with Crippen molar-refractivity contribution in [3.8, 4) is 11.5 Å². The molecule has 0 atom stereocenters. The Bertz CT molecular complexity index is 1070. The molecule has 0 bridgehead atoms. The molecule has 1 aliphatic rings. The number of hydrogen-bond acceptors (Lipinski definition) is 6. The summed E-state index contributed by atoms with van der Waals surface area (Å²) in [4.78, 5) is 28.1. The van der Waals surface area contributed by atoms with Crippen molar-refractivity contribution in [1.82, 2.24) is 4.90 Å². The fourth-order valence-electron chi connectivity index (χ4n) is 3.78. The lowest BCUT2D eigenvalue weighted by Gasteiger charge is -2.16. The van der Waals surface area contributed by atoms with E-state index >= 15 is 0 Å². The number of rotatable bonds is 10. The number of nitrogens with zero attached hydrogens (tertiary/aromatic N) is 1. The summed E-state index contributed by atoms with van der Waals surface area (Å²) in [7, 11) is 3.09. The highest BCUT2D eigenvalue weighted by atomic mass is 16.5. The maximum absolute atomic E-state index is 13.4. The van der Waals surface area contributed by atoms with Crippen molar-refractivity contribution >= 4 is 23.1 Å². The van der Waals surface area contributed by atoms with Gasteiger partial charge in [-0.1, -0.05) is 23.8 Å². The van der Waals surface area contributed by atoms with Gasteiger partial charge in [0.1, 0.15) is 5.70 Å². The fourth-order valence-corrected chi connectivity index (χ4v) is 3.78. The van der Waals surface area contributed by atoms with E-state index in [1.54, 1.807) is 25.3 Å². The zero-order valence-electron chi connectivity index (χ0n) is 20.2. The highest BCUT2D eigenvalue weighted by molar-refractivity contribution is 6.36. The first-order valence-electron chi connectivity index (χ1n) is 11.1. The first-order valence-corrected chi connectivity index (χ1v) is 11.1.